The lowest BCUT2D eigenvalue weighted by atomic mass is 9.82. The van der Waals surface area contributed by atoms with Crippen LogP contribution in [0.4, 0.5) is 22.7 Å². The van der Waals surface area contributed by atoms with Crippen molar-refractivity contribution in [3.63, 3.8) is 0 Å². The fourth-order valence-electron chi connectivity index (χ4n) is 2.92. The molecule has 0 N–H and O–H groups in total. The number of nitrogens with zero attached hydrogens (tertiary/aromatic N) is 4. The molecule has 0 aliphatic carbocycles. The number of nitro benzene ring substituents is 4. The Hall–Kier alpha value is -3.96. The molecule has 2 atom stereocenters. The van der Waals surface area contributed by atoms with Gasteiger partial charge < -0.3 is 0 Å². The van der Waals surface area contributed by atoms with Crippen LogP contribution in [0.3, 0.4) is 0 Å². The number of hydrogen-bond acceptors (Lipinski definition) is 8. The van der Waals surface area contributed by atoms with E-state index in [1.807, 2.05) is 0 Å². The highest BCUT2D eigenvalue weighted by atomic mass is 16.6. The summed E-state index contributed by atoms with van der Waals surface area (Å²) >= 11 is 0. The Morgan fingerprint density at radius 3 is 1.18 bits per heavy atom. The largest absolute Gasteiger partial charge is 0.279 e. The smallest absolute Gasteiger partial charge is 0.258 e. The summed E-state index contributed by atoms with van der Waals surface area (Å²) in [6.07, 6.45) is 0. The van der Waals surface area contributed by atoms with Crippen molar-refractivity contribution < 1.29 is 19.7 Å². The zero-order valence-electron chi connectivity index (χ0n) is 14.7. The summed E-state index contributed by atoms with van der Waals surface area (Å²) in [5, 5.41) is 44.5. The summed E-state index contributed by atoms with van der Waals surface area (Å²) in [5.41, 5.74) is -1.52. The molecule has 0 saturated carbocycles. The average Bonchev–Trinajstić information content (AvgIpc) is 2.65. The van der Waals surface area contributed by atoms with E-state index in [0.29, 0.717) is 0 Å². The van der Waals surface area contributed by atoms with Crippen LogP contribution >= 0.6 is 0 Å². The van der Waals surface area contributed by atoms with Gasteiger partial charge in [-0.25, -0.2) is 0 Å². The molecule has 12 heteroatoms. The number of hydrogen-bond donors (Lipinski definition) is 0. The van der Waals surface area contributed by atoms with Gasteiger partial charge in [-0.2, -0.15) is 0 Å². The molecule has 0 aliphatic rings. The fourth-order valence-corrected chi connectivity index (χ4v) is 2.92. The van der Waals surface area contributed by atoms with Crippen LogP contribution in [-0.2, 0) is 0 Å². The predicted molar refractivity (Wildman–Crippen MR) is 96.3 cm³/mol. The second-order valence-corrected chi connectivity index (χ2v) is 6.09. The summed E-state index contributed by atoms with van der Waals surface area (Å²) in [5.74, 6) is -1.28. The van der Waals surface area contributed by atoms with E-state index in [0.717, 1.165) is 24.3 Å². The van der Waals surface area contributed by atoms with Gasteiger partial charge in [0.1, 0.15) is 0 Å². The monoisotopic (exact) mass is 390 g/mol. The van der Waals surface area contributed by atoms with Gasteiger partial charge in [0.25, 0.3) is 22.7 Å². The topological polar surface area (TPSA) is 173 Å². The standard InChI is InChI=1S/C16H14N4O8/c1-9(13-5-3-11(17(21)22)7-15(13)19(25)26)10(2)14-6-4-12(18(23)24)8-16(14)20(27)28/h3-10H,1-2H3. The minimum Gasteiger partial charge on any atom is -0.258 e. The molecule has 0 radical (unpaired) electrons. The number of non-ortho nitro benzene ring substituents is 2. The predicted octanol–water partition coefficient (Wildman–Crippen LogP) is 4.23. The molecular weight excluding hydrogens is 376 g/mol. The number of benzene rings is 2. The molecular formula is C16H14N4O8. The van der Waals surface area contributed by atoms with Crippen molar-refractivity contribution in [3.05, 3.63) is 88.0 Å². The van der Waals surface area contributed by atoms with Gasteiger partial charge in [-0.15, -0.1) is 0 Å². The summed E-state index contributed by atoms with van der Waals surface area (Å²) in [6, 6.07) is 6.40. The number of rotatable bonds is 7. The van der Waals surface area contributed by atoms with E-state index in [2.05, 4.69) is 0 Å². The van der Waals surface area contributed by atoms with Crippen LogP contribution in [0.2, 0.25) is 0 Å². The molecule has 0 heterocycles. The van der Waals surface area contributed by atoms with Crippen LogP contribution in [0.25, 0.3) is 0 Å². The Kier molecular flexibility index (Phi) is 5.62. The van der Waals surface area contributed by atoms with Gasteiger partial charge in [0.05, 0.1) is 31.8 Å². The van der Waals surface area contributed by atoms with E-state index >= 15 is 0 Å². The second-order valence-electron chi connectivity index (χ2n) is 6.09. The van der Waals surface area contributed by atoms with Crippen molar-refractivity contribution in [2.75, 3.05) is 0 Å². The molecule has 0 fully saturated rings. The third kappa shape index (κ3) is 3.90. The molecule has 0 amide bonds. The van der Waals surface area contributed by atoms with Crippen molar-refractivity contribution in [3.8, 4) is 0 Å². The Labute approximate surface area is 157 Å². The maximum atomic E-state index is 11.4. The van der Waals surface area contributed by atoms with E-state index in [1.54, 1.807) is 13.8 Å². The highest BCUT2D eigenvalue weighted by Crippen LogP contribution is 2.41. The van der Waals surface area contributed by atoms with E-state index < -0.39 is 54.3 Å². The van der Waals surface area contributed by atoms with Crippen LogP contribution in [0.5, 0.6) is 0 Å². The van der Waals surface area contributed by atoms with Gasteiger partial charge in [0, 0.05) is 23.3 Å². The molecule has 146 valence electrons. The van der Waals surface area contributed by atoms with Gasteiger partial charge in [-0.1, -0.05) is 13.8 Å². The van der Waals surface area contributed by atoms with Crippen LogP contribution in [0, 0.1) is 40.5 Å². The lowest BCUT2D eigenvalue weighted by Crippen LogP contribution is -2.10. The van der Waals surface area contributed by atoms with Gasteiger partial charge in [-0.05, 0) is 24.0 Å². The Balaban J connectivity index is 2.54. The molecule has 2 unspecified atom stereocenters. The van der Waals surface area contributed by atoms with E-state index in [9.17, 15) is 40.5 Å². The third-order valence-electron chi connectivity index (χ3n) is 4.57. The van der Waals surface area contributed by atoms with E-state index in [1.165, 1.54) is 12.1 Å². The molecule has 0 aliphatic heterocycles. The SMILES string of the molecule is CC(c1ccc([N+](=O)[O-])cc1[N+](=O)[O-])C(C)c1ccc([N+](=O)[O-])cc1[N+](=O)[O-]. The highest BCUT2D eigenvalue weighted by molar-refractivity contribution is 5.54. The van der Waals surface area contributed by atoms with Crippen molar-refractivity contribution in [2.24, 2.45) is 0 Å². The average molecular weight is 390 g/mol. The van der Waals surface area contributed by atoms with Crippen molar-refractivity contribution in [1.82, 2.24) is 0 Å². The highest BCUT2D eigenvalue weighted by Gasteiger charge is 2.31. The first-order chi connectivity index (χ1) is 13.0. The van der Waals surface area contributed by atoms with Crippen LogP contribution < -0.4 is 0 Å². The first-order valence-corrected chi connectivity index (χ1v) is 7.90. The van der Waals surface area contributed by atoms with Crippen molar-refractivity contribution in [1.29, 1.82) is 0 Å². The Morgan fingerprint density at radius 1 is 0.607 bits per heavy atom. The first-order valence-electron chi connectivity index (χ1n) is 7.90. The van der Waals surface area contributed by atoms with Gasteiger partial charge in [0.2, 0.25) is 0 Å². The molecule has 12 nitrogen and oxygen atoms in total. The zero-order chi connectivity index (χ0) is 21.2. The Morgan fingerprint density at radius 2 is 0.929 bits per heavy atom. The molecule has 0 aromatic heterocycles. The molecule has 2 rings (SSSR count). The molecule has 0 spiro atoms. The molecule has 2 aromatic rings. The quantitative estimate of drug-likeness (QED) is 0.498. The van der Waals surface area contributed by atoms with Gasteiger partial charge in [0.15, 0.2) is 0 Å². The maximum absolute atomic E-state index is 11.4. The minimum absolute atomic E-state index is 0.163. The normalized spacial score (nSPS) is 12.8. The van der Waals surface area contributed by atoms with Crippen LogP contribution in [0.15, 0.2) is 36.4 Å². The molecule has 28 heavy (non-hydrogen) atoms. The fraction of sp³-hybridized carbons (Fsp3) is 0.250. The summed E-state index contributed by atoms with van der Waals surface area (Å²) in [7, 11) is 0. The third-order valence-corrected chi connectivity index (χ3v) is 4.57. The summed E-state index contributed by atoms with van der Waals surface area (Å²) in [4.78, 5) is 41.4. The first kappa shape index (κ1) is 20.4. The zero-order valence-corrected chi connectivity index (χ0v) is 14.7. The Bertz CT molecular complexity index is 911. The van der Waals surface area contributed by atoms with Crippen LogP contribution in [0.1, 0.15) is 36.8 Å². The van der Waals surface area contributed by atoms with Crippen molar-refractivity contribution >= 4 is 22.7 Å². The van der Waals surface area contributed by atoms with E-state index in [-0.39, 0.29) is 11.1 Å². The minimum atomic E-state index is -0.758. The summed E-state index contributed by atoms with van der Waals surface area (Å²) < 4.78 is 0. The molecule has 0 bridgehead atoms. The van der Waals surface area contributed by atoms with Crippen LogP contribution in [-0.4, -0.2) is 19.7 Å². The van der Waals surface area contributed by atoms with Gasteiger partial charge in [-0.3, -0.25) is 40.5 Å². The molecule has 0 saturated heterocycles. The molecule has 2 aromatic carbocycles. The van der Waals surface area contributed by atoms with Gasteiger partial charge >= 0.3 is 0 Å². The number of nitro groups is 4. The van der Waals surface area contributed by atoms with Crippen molar-refractivity contribution in [2.45, 2.75) is 25.7 Å². The van der Waals surface area contributed by atoms with E-state index in [4.69, 9.17) is 0 Å². The second kappa shape index (κ2) is 7.73. The lowest BCUT2D eigenvalue weighted by Gasteiger charge is -2.20. The summed E-state index contributed by atoms with van der Waals surface area (Å²) in [6.45, 7) is 3.17. The lowest BCUT2D eigenvalue weighted by molar-refractivity contribution is -0.395. The maximum Gasteiger partial charge on any atom is 0.279 e.